The Balaban J connectivity index is 1.57. The van der Waals surface area contributed by atoms with Crippen LogP contribution in [0.3, 0.4) is 0 Å². The van der Waals surface area contributed by atoms with Gasteiger partial charge in [0.15, 0.2) is 11.5 Å². The Hall–Kier alpha value is -4.98. The molecule has 4 aromatic rings. The van der Waals surface area contributed by atoms with E-state index in [4.69, 9.17) is 15.2 Å². The maximum atomic E-state index is 13.4. The summed E-state index contributed by atoms with van der Waals surface area (Å²) in [6.45, 7) is 2.24. The second kappa shape index (κ2) is 11.8. The number of amides is 3. The monoisotopic (exact) mass is 510 g/mol. The highest BCUT2D eigenvalue weighted by atomic mass is 16.5. The molecule has 38 heavy (non-hydrogen) atoms. The summed E-state index contributed by atoms with van der Waals surface area (Å²) < 4.78 is 10.8. The van der Waals surface area contributed by atoms with Gasteiger partial charge in [0, 0.05) is 23.0 Å². The molecule has 0 atom stereocenters. The van der Waals surface area contributed by atoms with E-state index in [2.05, 4.69) is 10.6 Å². The lowest BCUT2D eigenvalue weighted by atomic mass is 10.1. The van der Waals surface area contributed by atoms with E-state index in [0.29, 0.717) is 39.8 Å². The Kier molecular flexibility index (Phi) is 8.13. The number of para-hydroxylation sites is 2. The Labute approximate surface area is 222 Å². The van der Waals surface area contributed by atoms with E-state index in [1.165, 1.54) is 0 Å². The number of nitrogen functional groups attached to an aromatic ring is 1. The minimum atomic E-state index is -0.317. The molecule has 194 valence electrons. The number of carbonyl (C=O) groups excluding carboxylic acids is 2. The molecule has 0 aliphatic carbocycles. The van der Waals surface area contributed by atoms with E-state index in [0.717, 1.165) is 11.1 Å². The first kappa shape index (κ1) is 26.1. The zero-order chi connectivity index (χ0) is 27.1. The molecular formula is C30H30N4O4. The van der Waals surface area contributed by atoms with Crippen LogP contribution in [0.15, 0.2) is 91.0 Å². The smallest absolute Gasteiger partial charge is 0.326 e. The van der Waals surface area contributed by atoms with Crippen LogP contribution in [0.1, 0.15) is 21.5 Å². The number of hydrogen-bond donors (Lipinski definition) is 3. The van der Waals surface area contributed by atoms with Crippen molar-refractivity contribution in [1.29, 1.82) is 0 Å². The molecule has 0 radical (unpaired) electrons. The number of nitrogens with one attached hydrogen (secondary N) is 2. The number of methoxy groups -OCH3 is 2. The third-order valence-corrected chi connectivity index (χ3v) is 5.99. The molecule has 0 fully saturated rings. The fourth-order valence-corrected chi connectivity index (χ4v) is 3.85. The predicted octanol–water partition coefficient (Wildman–Crippen LogP) is 6.09. The lowest BCUT2D eigenvalue weighted by Gasteiger charge is -2.24. The molecule has 0 saturated heterocycles. The summed E-state index contributed by atoms with van der Waals surface area (Å²) in [5, 5.41) is 5.78. The van der Waals surface area contributed by atoms with Crippen LogP contribution in [0.25, 0.3) is 0 Å². The van der Waals surface area contributed by atoms with Crippen LogP contribution in [0.2, 0.25) is 0 Å². The van der Waals surface area contributed by atoms with Gasteiger partial charge in [-0.1, -0.05) is 42.0 Å². The zero-order valence-electron chi connectivity index (χ0n) is 21.5. The minimum absolute atomic E-state index is 0.251. The van der Waals surface area contributed by atoms with Crippen LogP contribution in [-0.4, -0.2) is 26.2 Å². The Bertz CT molecular complexity index is 1420. The summed E-state index contributed by atoms with van der Waals surface area (Å²) >= 11 is 0. The molecule has 0 aromatic heterocycles. The maximum Gasteiger partial charge on any atom is 0.326 e. The van der Waals surface area contributed by atoms with Gasteiger partial charge in [0.25, 0.3) is 5.91 Å². The molecule has 0 bridgehead atoms. The number of anilines is 4. The molecule has 8 heteroatoms. The Morgan fingerprint density at radius 1 is 0.816 bits per heavy atom. The number of carbonyl (C=O) groups is 2. The molecular weight excluding hydrogens is 480 g/mol. The van der Waals surface area contributed by atoms with Crippen molar-refractivity contribution in [2.75, 3.05) is 35.5 Å². The normalized spacial score (nSPS) is 10.4. The molecule has 0 aliphatic heterocycles. The van der Waals surface area contributed by atoms with Crippen molar-refractivity contribution in [2.24, 2.45) is 0 Å². The van der Waals surface area contributed by atoms with Crippen molar-refractivity contribution in [3.63, 3.8) is 0 Å². The van der Waals surface area contributed by atoms with E-state index >= 15 is 0 Å². The highest BCUT2D eigenvalue weighted by Gasteiger charge is 2.19. The van der Waals surface area contributed by atoms with Crippen LogP contribution in [0.5, 0.6) is 11.5 Å². The highest BCUT2D eigenvalue weighted by Crippen LogP contribution is 2.32. The average Bonchev–Trinajstić information content (AvgIpc) is 2.94. The summed E-state index contributed by atoms with van der Waals surface area (Å²) in [6.07, 6.45) is 0. The van der Waals surface area contributed by atoms with Gasteiger partial charge in [0.05, 0.1) is 32.1 Å². The SMILES string of the molecule is COc1ccc(N(Cc2ccc(C(=O)Nc3ccccc3N)cc2)C(=O)Nc2ccc(C)cc2)cc1OC. The molecule has 8 nitrogen and oxygen atoms in total. The van der Waals surface area contributed by atoms with Gasteiger partial charge in [0.1, 0.15) is 0 Å². The molecule has 0 spiro atoms. The molecule has 3 amide bonds. The summed E-state index contributed by atoms with van der Waals surface area (Å²) in [4.78, 5) is 27.8. The fraction of sp³-hybridized carbons (Fsp3) is 0.133. The van der Waals surface area contributed by atoms with Crippen LogP contribution in [0, 0.1) is 6.92 Å². The predicted molar refractivity (Wildman–Crippen MR) is 151 cm³/mol. The Morgan fingerprint density at radius 3 is 2.16 bits per heavy atom. The van der Waals surface area contributed by atoms with Crippen LogP contribution < -0.4 is 30.7 Å². The van der Waals surface area contributed by atoms with Gasteiger partial charge in [-0.2, -0.15) is 0 Å². The van der Waals surface area contributed by atoms with Crippen molar-refractivity contribution in [1.82, 2.24) is 0 Å². The lowest BCUT2D eigenvalue weighted by Crippen LogP contribution is -2.34. The van der Waals surface area contributed by atoms with Gasteiger partial charge in [-0.15, -0.1) is 0 Å². The number of ether oxygens (including phenoxy) is 2. The van der Waals surface area contributed by atoms with E-state index in [1.54, 1.807) is 73.7 Å². The molecule has 0 heterocycles. The quantitative estimate of drug-likeness (QED) is 0.249. The van der Waals surface area contributed by atoms with Gasteiger partial charge < -0.3 is 25.8 Å². The summed E-state index contributed by atoms with van der Waals surface area (Å²) in [5.41, 5.74) is 10.7. The number of hydrogen-bond acceptors (Lipinski definition) is 5. The van der Waals surface area contributed by atoms with Crippen LogP contribution >= 0.6 is 0 Å². The summed E-state index contributed by atoms with van der Waals surface area (Å²) in [5.74, 6) is 0.790. The topological polar surface area (TPSA) is 106 Å². The molecule has 0 unspecified atom stereocenters. The van der Waals surface area contributed by atoms with E-state index in [9.17, 15) is 9.59 Å². The molecule has 0 aliphatic rings. The maximum absolute atomic E-state index is 13.4. The highest BCUT2D eigenvalue weighted by molar-refractivity contribution is 6.06. The van der Waals surface area contributed by atoms with Crippen LogP contribution in [-0.2, 0) is 6.54 Å². The molecule has 4 aromatic carbocycles. The third kappa shape index (κ3) is 6.22. The third-order valence-electron chi connectivity index (χ3n) is 5.99. The van der Waals surface area contributed by atoms with Gasteiger partial charge in [-0.25, -0.2) is 4.79 Å². The second-order valence-corrected chi connectivity index (χ2v) is 8.66. The largest absolute Gasteiger partial charge is 0.493 e. The van der Waals surface area contributed by atoms with E-state index in [1.807, 2.05) is 43.3 Å². The van der Waals surface area contributed by atoms with Gasteiger partial charge in [-0.3, -0.25) is 9.69 Å². The van der Waals surface area contributed by atoms with Crippen molar-refractivity contribution in [3.8, 4) is 11.5 Å². The van der Waals surface area contributed by atoms with Crippen molar-refractivity contribution < 1.29 is 19.1 Å². The average molecular weight is 511 g/mol. The van der Waals surface area contributed by atoms with Gasteiger partial charge in [-0.05, 0) is 61.0 Å². The first-order valence-corrected chi connectivity index (χ1v) is 12.0. The summed E-state index contributed by atoms with van der Waals surface area (Å²) in [7, 11) is 3.11. The van der Waals surface area contributed by atoms with Crippen LogP contribution in [0.4, 0.5) is 27.5 Å². The molecule has 4 N–H and O–H groups in total. The van der Waals surface area contributed by atoms with Gasteiger partial charge >= 0.3 is 6.03 Å². The first-order chi connectivity index (χ1) is 18.4. The zero-order valence-corrected chi connectivity index (χ0v) is 21.5. The first-order valence-electron chi connectivity index (χ1n) is 12.0. The number of nitrogens with two attached hydrogens (primary N) is 1. The van der Waals surface area contributed by atoms with E-state index in [-0.39, 0.29) is 18.5 Å². The Morgan fingerprint density at radius 2 is 1.50 bits per heavy atom. The number of urea groups is 1. The number of rotatable bonds is 8. The van der Waals surface area contributed by atoms with E-state index < -0.39 is 0 Å². The van der Waals surface area contributed by atoms with Gasteiger partial charge in [0.2, 0.25) is 0 Å². The number of aryl methyl sites for hydroxylation is 1. The van der Waals surface area contributed by atoms with Crippen molar-refractivity contribution >= 4 is 34.7 Å². The number of benzene rings is 4. The van der Waals surface area contributed by atoms with Crippen molar-refractivity contribution in [2.45, 2.75) is 13.5 Å². The fourth-order valence-electron chi connectivity index (χ4n) is 3.85. The molecule has 4 rings (SSSR count). The standard InChI is InChI=1S/C30H30N4O4/c1-20-8-14-23(15-9-20)32-30(36)34(24-16-17-27(37-2)28(18-24)38-3)19-21-10-12-22(13-11-21)29(35)33-26-7-5-4-6-25(26)31/h4-18H,19,31H2,1-3H3,(H,32,36)(H,33,35). The lowest BCUT2D eigenvalue weighted by molar-refractivity contribution is 0.102. The second-order valence-electron chi connectivity index (χ2n) is 8.66. The summed E-state index contributed by atoms with van der Waals surface area (Å²) in [6, 6.07) is 26.7. The molecule has 0 saturated carbocycles. The number of nitrogens with zero attached hydrogens (tertiary/aromatic N) is 1. The minimum Gasteiger partial charge on any atom is -0.493 e. The van der Waals surface area contributed by atoms with Crippen molar-refractivity contribution in [3.05, 3.63) is 108 Å².